The van der Waals surface area contributed by atoms with E-state index in [1.54, 1.807) is 21.3 Å². The van der Waals surface area contributed by atoms with Crippen LogP contribution in [0.25, 0.3) is 0 Å². The molecule has 2 N–H and O–H groups in total. The highest BCUT2D eigenvalue weighted by Gasteiger charge is 2.34. The number of nitrogens with zero attached hydrogens (tertiary/aromatic N) is 2. The van der Waals surface area contributed by atoms with E-state index in [-0.39, 0.29) is 30.0 Å². The number of alkyl halides is 3. The van der Waals surface area contributed by atoms with E-state index < -0.39 is 12.7 Å². The van der Waals surface area contributed by atoms with Gasteiger partial charge in [0.25, 0.3) is 0 Å². The highest BCUT2D eigenvalue weighted by molar-refractivity contribution is 14.0. The third-order valence-electron chi connectivity index (χ3n) is 4.42. The van der Waals surface area contributed by atoms with Gasteiger partial charge in [-0.15, -0.1) is 24.0 Å². The molecule has 11 heteroatoms. The molecule has 1 unspecified atom stereocenters. The Morgan fingerprint density at radius 3 is 2.28 bits per heavy atom. The molecule has 0 spiro atoms. The van der Waals surface area contributed by atoms with Crippen molar-refractivity contribution in [2.45, 2.75) is 25.2 Å². The third kappa shape index (κ3) is 7.61. The number of hydrogen-bond donors (Lipinski definition) is 2. The van der Waals surface area contributed by atoms with Gasteiger partial charge in [0.2, 0.25) is 5.75 Å². The molecule has 1 fully saturated rings. The molecule has 166 valence electrons. The van der Waals surface area contributed by atoms with Crippen molar-refractivity contribution in [1.82, 2.24) is 15.5 Å². The first-order valence-electron chi connectivity index (χ1n) is 8.84. The van der Waals surface area contributed by atoms with E-state index in [1.807, 2.05) is 12.1 Å². The van der Waals surface area contributed by atoms with Crippen LogP contribution in [0.5, 0.6) is 17.2 Å². The average Bonchev–Trinajstić information content (AvgIpc) is 3.08. The first kappa shape index (κ1) is 25.4. The summed E-state index contributed by atoms with van der Waals surface area (Å²) in [6, 6.07) is 3.55. The lowest BCUT2D eigenvalue weighted by Gasteiger charge is -2.20. The Hall–Kier alpha value is -1.63. The molecule has 1 heterocycles. The lowest BCUT2D eigenvalue weighted by Crippen LogP contribution is -2.44. The van der Waals surface area contributed by atoms with Gasteiger partial charge >= 0.3 is 6.18 Å². The maximum absolute atomic E-state index is 12.5. The molecule has 1 aromatic carbocycles. The molecule has 1 aliphatic heterocycles. The summed E-state index contributed by atoms with van der Waals surface area (Å²) in [4.78, 5) is 5.54. The summed E-state index contributed by atoms with van der Waals surface area (Å²) in [5.41, 5.74) is 0.877. The minimum Gasteiger partial charge on any atom is -0.493 e. The Balaban J connectivity index is 0.00000420. The second-order valence-corrected chi connectivity index (χ2v) is 6.44. The number of ether oxygens (including phenoxy) is 3. The number of aliphatic imine (C=N–C) groups is 1. The molecule has 29 heavy (non-hydrogen) atoms. The number of halogens is 4. The maximum atomic E-state index is 12.5. The number of methoxy groups -OCH3 is 3. The van der Waals surface area contributed by atoms with Gasteiger partial charge in [-0.2, -0.15) is 13.2 Å². The van der Waals surface area contributed by atoms with Crippen LogP contribution in [-0.4, -0.2) is 71.1 Å². The highest BCUT2D eigenvalue weighted by atomic mass is 127. The topological polar surface area (TPSA) is 67.4 Å². The quantitative estimate of drug-likeness (QED) is 0.320. The van der Waals surface area contributed by atoms with Gasteiger partial charge in [-0.3, -0.25) is 9.89 Å². The van der Waals surface area contributed by atoms with E-state index in [4.69, 9.17) is 14.2 Å². The summed E-state index contributed by atoms with van der Waals surface area (Å²) >= 11 is 0. The number of rotatable bonds is 7. The molecule has 1 aliphatic rings. The van der Waals surface area contributed by atoms with Crippen molar-refractivity contribution < 1.29 is 27.4 Å². The van der Waals surface area contributed by atoms with Gasteiger partial charge in [-0.05, 0) is 24.1 Å². The number of benzene rings is 1. The van der Waals surface area contributed by atoms with Crippen molar-refractivity contribution >= 4 is 29.9 Å². The Labute approximate surface area is 186 Å². The van der Waals surface area contributed by atoms with E-state index in [0.29, 0.717) is 49.3 Å². The van der Waals surface area contributed by atoms with E-state index >= 15 is 0 Å². The fourth-order valence-electron chi connectivity index (χ4n) is 3.16. The van der Waals surface area contributed by atoms with Crippen LogP contribution >= 0.6 is 24.0 Å². The van der Waals surface area contributed by atoms with E-state index in [9.17, 15) is 13.2 Å². The lowest BCUT2D eigenvalue weighted by molar-refractivity contribution is -0.143. The first-order chi connectivity index (χ1) is 13.3. The molecule has 2 rings (SSSR count). The SMILES string of the molecule is CN=C(NCc1cc(OC)c(OC)c(OC)c1)NC1CCN(CC(F)(F)F)C1.I. The Morgan fingerprint density at radius 1 is 1.17 bits per heavy atom. The molecule has 1 atom stereocenters. The monoisotopic (exact) mass is 532 g/mol. The molecular weight excluding hydrogens is 504 g/mol. The van der Waals surface area contributed by atoms with Crippen LogP contribution in [0.3, 0.4) is 0 Å². The number of hydrogen-bond acceptors (Lipinski definition) is 5. The van der Waals surface area contributed by atoms with Crippen LogP contribution in [0.1, 0.15) is 12.0 Å². The zero-order valence-electron chi connectivity index (χ0n) is 16.9. The van der Waals surface area contributed by atoms with Crippen LogP contribution in [0, 0.1) is 0 Å². The molecular formula is C18H28F3IN4O3. The number of guanidine groups is 1. The Kier molecular flexibility index (Phi) is 10.1. The molecule has 0 radical (unpaired) electrons. The van der Waals surface area contributed by atoms with Gasteiger partial charge in [0.15, 0.2) is 17.5 Å². The minimum atomic E-state index is -4.18. The van der Waals surface area contributed by atoms with Crippen LogP contribution in [0.4, 0.5) is 13.2 Å². The molecule has 0 aromatic heterocycles. The average molecular weight is 532 g/mol. The molecule has 0 amide bonds. The highest BCUT2D eigenvalue weighted by Crippen LogP contribution is 2.38. The van der Waals surface area contributed by atoms with Crippen molar-refractivity contribution in [3.63, 3.8) is 0 Å². The second kappa shape index (κ2) is 11.5. The van der Waals surface area contributed by atoms with Gasteiger partial charge in [0.1, 0.15) is 0 Å². The number of likely N-dealkylation sites (tertiary alicyclic amines) is 1. The molecule has 0 aliphatic carbocycles. The zero-order chi connectivity index (χ0) is 20.7. The molecule has 1 aromatic rings. The van der Waals surface area contributed by atoms with Crippen LogP contribution < -0.4 is 24.8 Å². The third-order valence-corrected chi connectivity index (χ3v) is 4.42. The largest absolute Gasteiger partial charge is 0.493 e. The first-order valence-corrected chi connectivity index (χ1v) is 8.84. The molecule has 7 nitrogen and oxygen atoms in total. The predicted molar refractivity (Wildman–Crippen MR) is 116 cm³/mol. The van der Waals surface area contributed by atoms with E-state index in [1.165, 1.54) is 12.0 Å². The standard InChI is InChI=1S/C18H27F3N4O3.HI/c1-22-17(24-13-5-6-25(10-13)11-18(19,20)21)23-9-12-7-14(26-2)16(28-4)15(8-12)27-3;/h7-8,13H,5-6,9-11H2,1-4H3,(H2,22,23,24);1H. The summed E-state index contributed by atoms with van der Waals surface area (Å²) in [5.74, 6) is 2.11. The smallest absolute Gasteiger partial charge is 0.401 e. The van der Waals surface area contributed by atoms with Crippen LogP contribution in [-0.2, 0) is 6.54 Å². The van der Waals surface area contributed by atoms with Crippen molar-refractivity contribution in [2.75, 3.05) is 48.0 Å². The van der Waals surface area contributed by atoms with Crippen molar-refractivity contribution in [1.29, 1.82) is 0 Å². The summed E-state index contributed by atoms with van der Waals surface area (Å²) in [6.45, 7) is 0.267. The predicted octanol–water partition coefficient (Wildman–Crippen LogP) is 2.63. The maximum Gasteiger partial charge on any atom is 0.401 e. The number of nitrogens with one attached hydrogen (secondary N) is 2. The molecule has 1 saturated heterocycles. The normalized spacial score (nSPS) is 17.5. The second-order valence-electron chi connectivity index (χ2n) is 6.44. The van der Waals surface area contributed by atoms with Crippen molar-refractivity contribution in [3.8, 4) is 17.2 Å². The van der Waals surface area contributed by atoms with Gasteiger partial charge in [-0.25, -0.2) is 0 Å². The van der Waals surface area contributed by atoms with Gasteiger partial charge in [0, 0.05) is 32.7 Å². The van der Waals surface area contributed by atoms with Crippen molar-refractivity contribution in [2.24, 2.45) is 4.99 Å². The summed E-state index contributed by atoms with van der Waals surface area (Å²) in [5, 5.41) is 6.34. The lowest BCUT2D eigenvalue weighted by atomic mass is 10.2. The zero-order valence-corrected chi connectivity index (χ0v) is 19.3. The van der Waals surface area contributed by atoms with Gasteiger partial charge in [-0.1, -0.05) is 0 Å². The Morgan fingerprint density at radius 2 is 1.79 bits per heavy atom. The Bertz CT molecular complexity index is 664. The molecule has 0 bridgehead atoms. The molecule has 0 saturated carbocycles. The minimum absolute atomic E-state index is 0. The van der Waals surface area contributed by atoms with Crippen LogP contribution in [0.15, 0.2) is 17.1 Å². The summed E-state index contributed by atoms with van der Waals surface area (Å²) in [6.07, 6.45) is -3.55. The summed E-state index contributed by atoms with van der Waals surface area (Å²) in [7, 11) is 6.24. The van der Waals surface area contributed by atoms with Crippen LogP contribution in [0.2, 0.25) is 0 Å². The van der Waals surface area contributed by atoms with Gasteiger partial charge in [0.05, 0.1) is 27.9 Å². The fraction of sp³-hybridized carbons (Fsp3) is 0.611. The van der Waals surface area contributed by atoms with Gasteiger partial charge < -0.3 is 24.8 Å². The fourth-order valence-corrected chi connectivity index (χ4v) is 3.16. The van der Waals surface area contributed by atoms with Crippen molar-refractivity contribution in [3.05, 3.63) is 17.7 Å². The van der Waals surface area contributed by atoms with E-state index in [2.05, 4.69) is 15.6 Å². The van der Waals surface area contributed by atoms with E-state index in [0.717, 1.165) is 5.56 Å². The summed E-state index contributed by atoms with van der Waals surface area (Å²) < 4.78 is 53.5.